The van der Waals surface area contributed by atoms with Gasteiger partial charge in [-0.15, -0.1) is 0 Å². The van der Waals surface area contributed by atoms with Crippen LogP contribution in [-0.4, -0.2) is 17.0 Å². The van der Waals surface area contributed by atoms with Gasteiger partial charge in [0.15, 0.2) is 0 Å². The van der Waals surface area contributed by atoms with Crippen molar-refractivity contribution in [3.63, 3.8) is 0 Å². The smallest absolute Gasteiger partial charge is 0.269 e. The maximum absolute atomic E-state index is 11.8. The number of hydrogen-bond acceptors (Lipinski definition) is 4. The van der Waals surface area contributed by atoms with Gasteiger partial charge in [0.05, 0.1) is 12.1 Å². The third kappa shape index (κ3) is 3.23. The molecule has 0 aliphatic rings. The van der Waals surface area contributed by atoms with Crippen molar-refractivity contribution in [3.05, 3.63) is 52.9 Å². The van der Waals surface area contributed by atoms with E-state index in [9.17, 15) is 9.59 Å². The first-order valence-corrected chi connectivity index (χ1v) is 6.14. The van der Waals surface area contributed by atoms with Crippen LogP contribution in [-0.2, 0) is 11.2 Å². The Morgan fingerprint density at radius 2 is 1.85 bits per heavy atom. The fourth-order valence-electron chi connectivity index (χ4n) is 1.75. The fraction of sp³-hybridized carbons (Fsp3) is 0.214. The van der Waals surface area contributed by atoms with Crippen molar-refractivity contribution in [1.29, 1.82) is 0 Å². The molecule has 0 radical (unpaired) electrons. The number of amides is 2. The number of carbonyl (C=O) groups excluding carboxylic acids is 2. The van der Waals surface area contributed by atoms with E-state index in [4.69, 9.17) is 4.52 Å². The Morgan fingerprint density at radius 3 is 2.45 bits per heavy atom. The van der Waals surface area contributed by atoms with E-state index in [0.29, 0.717) is 17.0 Å². The largest absolute Gasteiger partial charge is 0.361 e. The summed E-state index contributed by atoms with van der Waals surface area (Å²) < 4.78 is 4.97. The molecule has 0 aliphatic heterocycles. The van der Waals surface area contributed by atoms with Crippen LogP contribution in [0.25, 0.3) is 0 Å². The molecule has 1 aromatic carbocycles. The predicted molar refractivity (Wildman–Crippen MR) is 71.7 cm³/mol. The van der Waals surface area contributed by atoms with Crippen LogP contribution in [0, 0.1) is 13.8 Å². The highest BCUT2D eigenvalue weighted by Gasteiger charge is 2.14. The van der Waals surface area contributed by atoms with Gasteiger partial charge in [-0.05, 0) is 26.0 Å². The third-order valence-corrected chi connectivity index (χ3v) is 2.87. The van der Waals surface area contributed by atoms with Gasteiger partial charge in [-0.25, -0.2) is 0 Å². The van der Waals surface area contributed by atoms with Gasteiger partial charge in [0.2, 0.25) is 5.91 Å². The van der Waals surface area contributed by atoms with Crippen molar-refractivity contribution < 1.29 is 14.1 Å². The molecule has 2 amide bonds. The van der Waals surface area contributed by atoms with Crippen LogP contribution in [0.4, 0.5) is 0 Å². The molecule has 1 aromatic heterocycles. The highest BCUT2D eigenvalue weighted by molar-refractivity contribution is 5.95. The first-order valence-electron chi connectivity index (χ1n) is 6.14. The lowest BCUT2D eigenvalue weighted by molar-refractivity contribution is -0.121. The topological polar surface area (TPSA) is 84.2 Å². The Balaban J connectivity index is 1.89. The highest BCUT2D eigenvalue weighted by atomic mass is 16.5. The number of nitrogens with zero attached hydrogens (tertiary/aromatic N) is 1. The second-order valence-corrected chi connectivity index (χ2v) is 4.35. The number of hydrogen-bond donors (Lipinski definition) is 2. The summed E-state index contributed by atoms with van der Waals surface area (Å²) in [6, 6.07) is 8.64. The molecular formula is C14H15N3O3. The number of nitrogens with one attached hydrogen (secondary N) is 2. The van der Waals surface area contributed by atoms with E-state index in [1.165, 1.54) is 0 Å². The maximum Gasteiger partial charge on any atom is 0.269 e. The number of rotatable bonds is 3. The third-order valence-electron chi connectivity index (χ3n) is 2.87. The normalized spacial score (nSPS) is 10.1. The Hall–Kier alpha value is -2.63. The molecule has 0 bridgehead atoms. The Labute approximate surface area is 116 Å². The molecule has 0 aliphatic carbocycles. The minimum absolute atomic E-state index is 0.107. The average Bonchev–Trinajstić information content (AvgIpc) is 2.77. The number of hydrazine groups is 1. The van der Waals surface area contributed by atoms with Crippen molar-refractivity contribution >= 4 is 11.8 Å². The monoisotopic (exact) mass is 273 g/mol. The van der Waals surface area contributed by atoms with Crippen LogP contribution in [0.15, 0.2) is 34.9 Å². The molecule has 6 nitrogen and oxygen atoms in total. The Bertz CT molecular complexity index is 600. The van der Waals surface area contributed by atoms with Gasteiger partial charge in [-0.2, -0.15) is 0 Å². The molecule has 0 unspecified atom stereocenters. The standard InChI is InChI=1S/C14H15N3O3/c1-9-12(10(2)20-17-9)8-13(18)15-16-14(19)11-6-4-3-5-7-11/h3-7H,8H2,1-2H3,(H,15,18)(H,16,19). The molecule has 20 heavy (non-hydrogen) atoms. The van der Waals surface area contributed by atoms with E-state index < -0.39 is 0 Å². The summed E-state index contributed by atoms with van der Waals surface area (Å²) in [6.45, 7) is 3.51. The number of aryl methyl sites for hydroxylation is 2. The quantitative estimate of drug-likeness (QED) is 0.825. The predicted octanol–water partition coefficient (Wildman–Crippen LogP) is 1.30. The van der Waals surface area contributed by atoms with Crippen LogP contribution in [0.1, 0.15) is 27.4 Å². The van der Waals surface area contributed by atoms with E-state index >= 15 is 0 Å². The lowest BCUT2D eigenvalue weighted by Crippen LogP contribution is -2.42. The van der Waals surface area contributed by atoms with Crippen LogP contribution >= 0.6 is 0 Å². The average molecular weight is 273 g/mol. The van der Waals surface area contributed by atoms with E-state index in [1.807, 2.05) is 6.07 Å². The Kier molecular flexibility index (Phi) is 4.14. The summed E-state index contributed by atoms with van der Waals surface area (Å²) in [7, 11) is 0. The van der Waals surface area contributed by atoms with Crippen LogP contribution in [0.3, 0.4) is 0 Å². The zero-order valence-corrected chi connectivity index (χ0v) is 11.3. The summed E-state index contributed by atoms with van der Waals surface area (Å²) in [4.78, 5) is 23.5. The SMILES string of the molecule is Cc1noc(C)c1CC(=O)NNC(=O)c1ccccc1. The van der Waals surface area contributed by atoms with Gasteiger partial charge in [0.25, 0.3) is 5.91 Å². The van der Waals surface area contributed by atoms with Crippen LogP contribution < -0.4 is 10.9 Å². The summed E-state index contributed by atoms with van der Waals surface area (Å²) in [5.74, 6) is -0.0894. The van der Waals surface area contributed by atoms with Gasteiger partial charge < -0.3 is 4.52 Å². The summed E-state index contributed by atoms with van der Waals surface area (Å²) in [5, 5.41) is 3.77. The van der Waals surface area contributed by atoms with Crippen molar-refractivity contribution in [3.8, 4) is 0 Å². The summed E-state index contributed by atoms with van der Waals surface area (Å²) in [6.07, 6.45) is 0.107. The van der Waals surface area contributed by atoms with Crippen molar-refractivity contribution in [2.24, 2.45) is 0 Å². The second-order valence-electron chi connectivity index (χ2n) is 4.35. The Morgan fingerprint density at radius 1 is 1.15 bits per heavy atom. The summed E-state index contributed by atoms with van der Waals surface area (Å²) in [5.41, 5.74) is 6.61. The van der Waals surface area contributed by atoms with E-state index in [2.05, 4.69) is 16.0 Å². The first kappa shape index (κ1) is 13.8. The van der Waals surface area contributed by atoms with Gasteiger partial charge in [-0.3, -0.25) is 20.4 Å². The maximum atomic E-state index is 11.8. The summed E-state index contributed by atoms with van der Waals surface area (Å²) >= 11 is 0. The molecule has 2 rings (SSSR count). The van der Waals surface area contributed by atoms with Gasteiger partial charge >= 0.3 is 0 Å². The molecule has 0 spiro atoms. The van der Waals surface area contributed by atoms with Gasteiger partial charge in [0, 0.05) is 11.1 Å². The molecule has 104 valence electrons. The molecular weight excluding hydrogens is 258 g/mol. The van der Waals surface area contributed by atoms with Crippen molar-refractivity contribution in [2.45, 2.75) is 20.3 Å². The molecule has 0 saturated heterocycles. The second kappa shape index (κ2) is 6.01. The number of carbonyl (C=O) groups is 2. The molecule has 0 atom stereocenters. The van der Waals surface area contributed by atoms with Crippen LogP contribution in [0.5, 0.6) is 0 Å². The van der Waals surface area contributed by atoms with E-state index in [0.717, 1.165) is 5.56 Å². The number of benzene rings is 1. The number of aromatic nitrogens is 1. The zero-order chi connectivity index (χ0) is 14.5. The molecule has 0 fully saturated rings. The minimum Gasteiger partial charge on any atom is -0.361 e. The molecule has 0 saturated carbocycles. The molecule has 2 aromatic rings. The van der Waals surface area contributed by atoms with Crippen molar-refractivity contribution in [1.82, 2.24) is 16.0 Å². The van der Waals surface area contributed by atoms with Gasteiger partial charge in [0.1, 0.15) is 5.76 Å². The molecule has 1 heterocycles. The van der Waals surface area contributed by atoms with E-state index in [1.54, 1.807) is 38.1 Å². The van der Waals surface area contributed by atoms with E-state index in [-0.39, 0.29) is 18.2 Å². The highest BCUT2D eigenvalue weighted by Crippen LogP contribution is 2.12. The lowest BCUT2D eigenvalue weighted by atomic mass is 10.1. The molecule has 2 N–H and O–H groups in total. The minimum atomic E-state index is -0.363. The first-order chi connectivity index (χ1) is 9.58. The van der Waals surface area contributed by atoms with Gasteiger partial charge in [-0.1, -0.05) is 23.4 Å². The van der Waals surface area contributed by atoms with Crippen molar-refractivity contribution in [2.75, 3.05) is 0 Å². The fourth-order valence-corrected chi connectivity index (χ4v) is 1.75. The molecule has 6 heteroatoms. The lowest BCUT2D eigenvalue weighted by Gasteiger charge is -2.07. The zero-order valence-electron chi connectivity index (χ0n) is 11.3. The van der Waals surface area contributed by atoms with Crippen LogP contribution in [0.2, 0.25) is 0 Å².